The van der Waals surface area contributed by atoms with E-state index in [1.165, 1.54) is 0 Å². The number of halogens is 2. The maximum atomic E-state index is 6.07. The van der Waals surface area contributed by atoms with Crippen molar-refractivity contribution in [2.75, 3.05) is 5.43 Å². The third-order valence-electron chi connectivity index (χ3n) is 2.94. The summed E-state index contributed by atoms with van der Waals surface area (Å²) in [6.07, 6.45) is 6.69. The summed E-state index contributed by atoms with van der Waals surface area (Å²) in [6.45, 7) is 0. The van der Waals surface area contributed by atoms with Crippen LogP contribution in [-0.4, -0.2) is 21.2 Å². The van der Waals surface area contributed by atoms with Gasteiger partial charge in [-0.1, -0.05) is 29.3 Å². The van der Waals surface area contributed by atoms with E-state index in [1.54, 1.807) is 43.0 Å². The molecule has 0 radical (unpaired) electrons. The molecule has 114 valence electrons. The summed E-state index contributed by atoms with van der Waals surface area (Å²) in [5, 5.41) is 5.19. The summed E-state index contributed by atoms with van der Waals surface area (Å²) in [4.78, 5) is 12.6. The lowest BCUT2D eigenvalue weighted by Gasteiger charge is -2.03. The number of hydrogen-bond acceptors (Lipinski definition) is 5. The van der Waals surface area contributed by atoms with Crippen LogP contribution in [0, 0.1) is 0 Å². The molecule has 0 unspecified atom stereocenters. The summed E-state index contributed by atoms with van der Waals surface area (Å²) >= 11 is 11.9. The van der Waals surface area contributed by atoms with Crippen LogP contribution in [0.25, 0.3) is 11.3 Å². The summed E-state index contributed by atoms with van der Waals surface area (Å²) in [6, 6.07) is 10.8. The monoisotopic (exact) mass is 343 g/mol. The number of hydrazone groups is 1. The number of anilines is 1. The number of rotatable bonds is 4. The van der Waals surface area contributed by atoms with Crippen molar-refractivity contribution in [3.63, 3.8) is 0 Å². The molecule has 7 heteroatoms. The van der Waals surface area contributed by atoms with Gasteiger partial charge < -0.3 is 0 Å². The minimum atomic E-state index is 0.382. The van der Waals surface area contributed by atoms with Crippen molar-refractivity contribution in [1.82, 2.24) is 15.0 Å². The first-order valence-corrected chi connectivity index (χ1v) is 7.45. The van der Waals surface area contributed by atoms with Crippen LogP contribution in [0.15, 0.2) is 60.1 Å². The van der Waals surface area contributed by atoms with Crippen LogP contribution in [0.3, 0.4) is 0 Å². The highest BCUT2D eigenvalue weighted by Gasteiger charge is 2.02. The van der Waals surface area contributed by atoms with Gasteiger partial charge in [0.15, 0.2) is 0 Å². The lowest BCUT2D eigenvalue weighted by atomic mass is 10.2. The molecule has 5 nitrogen and oxygen atoms in total. The minimum Gasteiger partial charge on any atom is -0.264 e. The first kappa shape index (κ1) is 15.4. The van der Waals surface area contributed by atoms with Gasteiger partial charge in [0.05, 0.1) is 16.9 Å². The van der Waals surface area contributed by atoms with Crippen molar-refractivity contribution in [3.05, 3.63) is 70.6 Å². The molecule has 0 spiro atoms. The first-order valence-electron chi connectivity index (χ1n) is 6.70. The number of pyridine rings is 1. The van der Waals surface area contributed by atoms with Gasteiger partial charge in [0.25, 0.3) is 0 Å². The van der Waals surface area contributed by atoms with Crippen LogP contribution in [0.1, 0.15) is 5.56 Å². The van der Waals surface area contributed by atoms with Gasteiger partial charge in [-0.3, -0.25) is 4.98 Å². The molecule has 0 aliphatic heterocycles. The maximum Gasteiger partial charge on any atom is 0.244 e. The number of nitrogens with one attached hydrogen (secondary N) is 1. The van der Waals surface area contributed by atoms with E-state index in [9.17, 15) is 0 Å². The van der Waals surface area contributed by atoms with E-state index in [0.717, 1.165) is 16.8 Å². The zero-order chi connectivity index (χ0) is 16.1. The van der Waals surface area contributed by atoms with E-state index >= 15 is 0 Å². The molecular formula is C16H11Cl2N5. The molecule has 0 amide bonds. The SMILES string of the molecule is Clc1ccc(/C=N\Nc2nccc(-c3cccnc3)n2)c(Cl)c1. The quantitative estimate of drug-likeness (QED) is 0.566. The molecule has 0 atom stereocenters. The van der Waals surface area contributed by atoms with Gasteiger partial charge in [0.2, 0.25) is 5.95 Å². The van der Waals surface area contributed by atoms with Crippen molar-refractivity contribution >= 4 is 35.4 Å². The Morgan fingerprint density at radius 3 is 2.78 bits per heavy atom. The molecule has 0 aliphatic rings. The van der Waals surface area contributed by atoms with Gasteiger partial charge in [-0.2, -0.15) is 5.10 Å². The molecule has 23 heavy (non-hydrogen) atoms. The van der Waals surface area contributed by atoms with Crippen LogP contribution in [0.5, 0.6) is 0 Å². The Kier molecular flexibility index (Phi) is 4.80. The Morgan fingerprint density at radius 1 is 1.09 bits per heavy atom. The highest BCUT2D eigenvalue weighted by Crippen LogP contribution is 2.19. The van der Waals surface area contributed by atoms with Crippen LogP contribution in [0.2, 0.25) is 10.0 Å². The van der Waals surface area contributed by atoms with E-state index in [1.807, 2.05) is 18.2 Å². The van der Waals surface area contributed by atoms with Crippen molar-refractivity contribution in [2.24, 2.45) is 5.10 Å². The second-order valence-corrected chi connectivity index (χ2v) is 5.39. The molecule has 2 aromatic heterocycles. The van der Waals surface area contributed by atoms with Crippen molar-refractivity contribution in [3.8, 4) is 11.3 Å². The van der Waals surface area contributed by atoms with Gasteiger partial charge in [-0.25, -0.2) is 15.4 Å². The zero-order valence-electron chi connectivity index (χ0n) is 11.8. The van der Waals surface area contributed by atoms with E-state index in [-0.39, 0.29) is 0 Å². The van der Waals surface area contributed by atoms with Gasteiger partial charge >= 0.3 is 0 Å². The summed E-state index contributed by atoms with van der Waals surface area (Å²) < 4.78 is 0. The van der Waals surface area contributed by atoms with E-state index in [0.29, 0.717) is 16.0 Å². The fourth-order valence-corrected chi connectivity index (χ4v) is 2.31. The standard InChI is InChI=1S/C16H11Cl2N5/c17-13-4-3-11(14(18)8-13)10-21-23-16-20-7-5-15(22-16)12-2-1-6-19-9-12/h1-10H,(H,20,22,23)/b21-10-. The molecule has 0 fully saturated rings. The topological polar surface area (TPSA) is 63.1 Å². The molecule has 0 saturated heterocycles. The summed E-state index contributed by atoms with van der Waals surface area (Å²) in [7, 11) is 0. The molecule has 1 aromatic carbocycles. The lowest BCUT2D eigenvalue weighted by molar-refractivity contribution is 1.12. The smallest absolute Gasteiger partial charge is 0.244 e. The average molecular weight is 344 g/mol. The van der Waals surface area contributed by atoms with Crippen LogP contribution >= 0.6 is 23.2 Å². The second-order valence-electron chi connectivity index (χ2n) is 4.54. The van der Waals surface area contributed by atoms with Gasteiger partial charge in [-0.05, 0) is 30.3 Å². The zero-order valence-corrected chi connectivity index (χ0v) is 13.3. The van der Waals surface area contributed by atoms with Gasteiger partial charge in [0.1, 0.15) is 0 Å². The molecule has 3 aromatic rings. The number of hydrogen-bond donors (Lipinski definition) is 1. The maximum absolute atomic E-state index is 6.07. The van der Waals surface area contributed by atoms with E-state index in [2.05, 4.69) is 25.5 Å². The molecule has 2 heterocycles. The molecular weight excluding hydrogens is 333 g/mol. The number of benzene rings is 1. The summed E-state index contributed by atoms with van der Waals surface area (Å²) in [5.41, 5.74) is 5.19. The summed E-state index contributed by atoms with van der Waals surface area (Å²) in [5.74, 6) is 0.382. The third kappa shape index (κ3) is 4.03. The fourth-order valence-electron chi connectivity index (χ4n) is 1.85. The Morgan fingerprint density at radius 2 is 2.00 bits per heavy atom. The van der Waals surface area contributed by atoms with Gasteiger partial charge in [-0.15, -0.1) is 0 Å². The Hall–Kier alpha value is -2.50. The largest absolute Gasteiger partial charge is 0.264 e. The predicted octanol–water partition coefficient (Wildman–Crippen LogP) is 4.29. The van der Waals surface area contributed by atoms with E-state index in [4.69, 9.17) is 23.2 Å². The predicted molar refractivity (Wildman–Crippen MR) is 92.9 cm³/mol. The van der Waals surface area contributed by atoms with Crippen molar-refractivity contribution < 1.29 is 0 Å². The van der Waals surface area contributed by atoms with E-state index < -0.39 is 0 Å². The van der Waals surface area contributed by atoms with Crippen LogP contribution in [-0.2, 0) is 0 Å². The molecule has 0 saturated carbocycles. The fraction of sp³-hybridized carbons (Fsp3) is 0. The molecule has 1 N–H and O–H groups in total. The highest BCUT2D eigenvalue weighted by atomic mass is 35.5. The number of aromatic nitrogens is 3. The second kappa shape index (κ2) is 7.17. The highest BCUT2D eigenvalue weighted by molar-refractivity contribution is 6.36. The average Bonchev–Trinajstić information content (AvgIpc) is 2.58. The third-order valence-corrected chi connectivity index (χ3v) is 3.51. The van der Waals surface area contributed by atoms with Crippen LogP contribution in [0.4, 0.5) is 5.95 Å². The molecule has 0 bridgehead atoms. The van der Waals surface area contributed by atoms with Crippen molar-refractivity contribution in [1.29, 1.82) is 0 Å². The van der Waals surface area contributed by atoms with Crippen molar-refractivity contribution in [2.45, 2.75) is 0 Å². The Bertz CT molecular complexity index is 837. The Balaban J connectivity index is 1.75. The lowest BCUT2D eigenvalue weighted by Crippen LogP contribution is -1.98. The minimum absolute atomic E-state index is 0.382. The normalized spacial score (nSPS) is 10.9. The number of nitrogens with zero attached hydrogens (tertiary/aromatic N) is 4. The Labute approximate surface area is 143 Å². The molecule has 3 rings (SSSR count). The van der Waals surface area contributed by atoms with Gasteiger partial charge in [0, 0.05) is 34.7 Å². The molecule has 0 aliphatic carbocycles. The van der Waals surface area contributed by atoms with Crippen LogP contribution < -0.4 is 5.43 Å². The first-order chi connectivity index (χ1) is 11.2.